The summed E-state index contributed by atoms with van der Waals surface area (Å²) in [6.07, 6.45) is 0.646. The van der Waals surface area contributed by atoms with Gasteiger partial charge in [0, 0.05) is 13.0 Å². The molecule has 1 saturated heterocycles. The van der Waals surface area contributed by atoms with E-state index in [9.17, 15) is 4.79 Å². The third-order valence-electron chi connectivity index (χ3n) is 3.33. The standard InChI is InChI=1S/C14H19N3O3/c15-14(16-19)12-10-17(8-9-20-12)13(18)7-6-11-4-2-1-3-5-11/h1-5,12,19H,6-10H2,(H2,15,16). The van der Waals surface area contributed by atoms with E-state index in [0.29, 0.717) is 32.5 Å². The first-order chi connectivity index (χ1) is 9.70. The number of nitrogens with zero attached hydrogens (tertiary/aromatic N) is 2. The largest absolute Gasteiger partial charge is 0.409 e. The van der Waals surface area contributed by atoms with Crippen LogP contribution in [-0.4, -0.2) is 47.7 Å². The summed E-state index contributed by atoms with van der Waals surface area (Å²) in [5, 5.41) is 11.6. The number of amides is 1. The van der Waals surface area contributed by atoms with Crippen LogP contribution in [0.2, 0.25) is 0 Å². The molecule has 1 heterocycles. The van der Waals surface area contributed by atoms with Gasteiger partial charge in [0.05, 0.1) is 13.2 Å². The first kappa shape index (κ1) is 14.3. The van der Waals surface area contributed by atoms with Crippen molar-refractivity contribution in [3.8, 4) is 0 Å². The maximum absolute atomic E-state index is 12.2. The number of morpholine rings is 1. The molecule has 2 rings (SSSR count). The summed E-state index contributed by atoms with van der Waals surface area (Å²) in [7, 11) is 0. The van der Waals surface area contributed by atoms with Crippen LogP contribution in [-0.2, 0) is 16.0 Å². The van der Waals surface area contributed by atoms with Gasteiger partial charge < -0.3 is 20.6 Å². The summed E-state index contributed by atoms with van der Waals surface area (Å²) in [5.41, 5.74) is 6.65. The van der Waals surface area contributed by atoms with E-state index < -0.39 is 6.10 Å². The summed E-state index contributed by atoms with van der Waals surface area (Å²) in [5.74, 6) is 0.0680. The Kier molecular flexibility index (Phi) is 4.95. The molecule has 1 atom stereocenters. The molecule has 1 aliphatic heterocycles. The second kappa shape index (κ2) is 6.91. The molecule has 20 heavy (non-hydrogen) atoms. The van der Waals surface area contributed by atoms with E-state index in [1.54, 1.807) is 4.90 Å². The highest BCUT2D eigenvalue weighted by Crippen LogP contribution is 2.09. The van der Waals surface area contributed by atoms with Crippen molar-refractivity contribution >= 4 is 11.7 Å². The lowest BCUT2D eigenvalue weighted by molar-refractivity contribution is -0.136. The van der Waals surface area contributed by atoms with Gasteiger partial charge in [-0.15, -0.1) is 0 Å². The van der Waals surface area contributed by atoms with Gasteiger partial charge in [0.25, 0.3) is 0 Å². The molecule has 1 aromatic rings. The SMILES string of the molecule is NC(=NO)C1CN(C(=O)CCc2ccccc2)CCO1. The Bertz CT molecular complexity index is 476. The lowest BCUT2D eigenvalue weighted by Gasteiger charge is -2.32. The molecule has 1 unspecified atom stereocenters. The quantitative estimate of drug-likeness (QED) is 0.365. The fourth-order valence-corrected chi connectivity index (χ4v) is 2.17. The molecule has 6 heteroatoms. The average molecular weight is 277 g/mol. The van der Waals surface area contributed by atoms with Gasteiger partial charge in [-0.05, 0) is 12.0 Å². The Morgan fingerprint density at radius 2 is 2.20 bits per heavy atom. The van der Waals surface area contributed by atoms with Crippen molar-refractivity contribution in [2.24, 2.45) is 10.9 Å². The van der Waals surface area contributed by atoms with Gasteiger partial charge in [-0.25, -0.2) is 0 Å². The molecule has 0 radical (unpaired) electrons. The number of nitrogens with two attached hydrogens (primary N) is 1. The van der Waals surface area contributed by atoms with Crippen molar-refractivity contribution in [1.82, 2.24) is 4.90 Å². The Morgan fingerprint density at radius 3 is 2.90 bits per heavy atom. The van der Waals surface area contributed by atoms with E-state index in [2.05, 4.69) is 5.16 Å². The van der Waals surface area contributed by atoms with Crippen molar-refractivity contribution < 1.29 is 14.7 Å². The van der Waals surface area contributed by atoms with Gasteiger partial charge in [0.2, 0.25) is 5.91 Å². The number of ether oxygens (including phenoxy) is 1. The van der Waals surface area contributed by atoms with Gasteiger partial charge in [-0.2, -0.15) is 0 Å². The molecule has 1 aliphatic rings. The van der Waals surface area contributed by atoms with Crippen LogP contribution in [0.1, 0.15) is 12.0 Å². The predicted molar refractivity (Wildman–Crippen MR) is 74.5 cm³/mol. The molecular weight excluding hydrogens is 258 g/mol. The van der Waals surface area contributed by atoms with E-state index in [0.717, 1.165) is 5.56 Å². The molecule has 1 aromatic carbocycles. The number of hydrogen-bond acceptors (Lipinski definition) is 4. The van der Waals surface area contributed by atoms with Crippen molar-refractivity contribution in [3.05, 3.63) is 35.9 Å². The van der Waals surface area contributed by atoms with Gasteiger partial charge in [-0.3, -0.25) is 4.79 Å². The smallest absolute Gasteiger partial charge is 0.223 e. The molecule has 0 aromatic heterocycles. The van der Waals surface area contributed by atoms with Crippen LogP contribution in [0.5, 0.6) is 0 Å². The lowest BCUT2D eigenvalue weighted by Crippen LogP contribution is -2.50. The highest BCUT2D eigenvalue weighted by atomic mass is 16.5. The number of aryl methyl sites for hydroxylation is 1. The van der Waals surface area contributed by atoms with Crippen LogP contribution in [0.3, 0.4) is 0 Å². The van der Waals surface area contributed by atoms with Gasteiger partial charge in [-0.1, -0.05) is 35.5 Å². The zero-order chi connectivity index (χ0) is 14.4. The van der Waals surface area contributed by atoms with Crippen molar-refractivity contribution in [1.29, 1.82) is 0 Å². The predicted octanol–water partition coefficient (Wildman–Crippen LogP) is 0.593. The summed E-state index contributed by atoms with van der Waals surface area (Å²) in [6, 6.07) is 9.89. The van der Waals surface area contributed by atoms with Gasteiger partial charge in [0.15, 0.2) is 5.84 Å². The summed E-state index contributed by atoms with van der Waals surface area (Å²) >= 11 is 0. The first-order valence-electron chi connectivity index (χ1n) is 6.61. The molecular formula is C14H19N3O3. The van der Waals surface area contributed by atoms with Crippen LogP contribution < -0.4 is 5.73 Å². The van der Waals surface area contributed by atoms with Crippen molar-refractivity contribution in [3.63, 3.8) is 0 Å². The molecule has 0 aliphatic carbocycles. The summed E-state index contributed by atoms with van der Waals surface area (Å²) < 4.78 is 5.36. The minimum absolute atomic E-state index is 0.00515. The number of carbonyl (C=O) groups excluding carboxylic acids is 1. The van der Waals surface area contributed by atoms with Gasteiger partial charge in [0.1, 0.15) is 6.10 Å². The fraction of sp³-hybridized carbons (Fsp3) is 0.429. The van der Waals surface area contributed by atoms with E-state index >= 15 is 0 Å². The highest BCUT2D eigenvalue weighted by molar-refractivity contribution is 5.85. The van der Waals surface area contributed by atoms with Crippen molar-refractivity contribution in [2.75, 3.05) is 19.7 Å². The number of benzene rings is 1. The molecule has 108 valence electrons. The molecule has 1 amide bonds. The van der Waals surface area contributed by atoms with E-state index in [4.69, 9.17) is 15.7 Å². The minimum Gasteiger partial charge on any atom is -0.409 e. The second-order valence-corrected chi connectivity index (χ2v) is 4.71. The highest BCUT2D eigenvalue weighted by Gasteiger charge is 2.26. The number of oxime groups is 1. The van der Waals surface area contributed by atoms with Crippen molar-refractivity contribution in [2.45, 2.75) is 18.9 Å². The van der Waals surface area contributed by atoms with E-state index in [1.165, 1.54) is 0 Å². The molecule has 6 nitrogen and oxygen atoms in total. The normalized spacial score (nSPS) is 19.9. The van der Waals surface area contributed by atoms with Gasteiger partial charge >= 0.3 is 0 Å². The molecule has 1 fully saturated rings. The topological polar surface area (TPSA) is 88.2 Å². The Labute approximate surface area is 117 Å². The number of rotatable bonds is 4. The molecule has 0 spiro atoms. The van der Waals surface area contributed by atoms with E-state index in [-0.39, 0.29) is 11.7 Å². The second-order valence-electron chi connectivity index (χ2n) is 4.71. The third-order valence-corrected chi connectivity index (χ3v) is 3.33. The van der Waals surface area contributed by atoms with E-state index in [1.807, 2.05) is 30.3 Å². The van der Waals surface area contributed by atoms with Crippen LogP contribution in [0.4, 0.5) is 0 Å². The summed E-state index contributed by atoms with van der Waals surface area (Å²) in [6.45, 7) is 1.28. The average Bonchev–Trinajstić information content (AvgIpc) is 2.53. The lowest BCUT2D eigenvalue weighted by atomic mass is 10.1. The number of amidine groups is 1. The molecule has 3 N–H and O–H groups in total. The first-order valence-corrected chi connectivity index (χ1v) is 6.61. The minimum atomic E-state index is -0.519. The number of hydrogen-bond donors (Lipinski definition) is 2. The maximum Gasteiger partial charge on any atom is 0.223 e. The summed E-state index contributed by atoms with van der Waals surface area (Å²) in [4.78, 5) is 13.9. The van der Waals surface area contributed by atoms with Crippen LogP contribution in [0, 0.1) is 0 Å². The Morgan fingerprint density at radius 1 is 1.45 bits per heavy atom. The van der Waals surface area contributed by atoms with Crippen LogP contribution >= 0.6 is 0 Å². The monoisotopic (exact) mass is 277 g/mol. The molecule has 0 bridgehead atoms. The molecule has 0 saturated carbocycles. The maximum atomic E-state index is 12.2. The third kappa shape index (κ3) is 3.71. The fourth-order valence-electron chi connectivity index (χ4n) is 2.17. The Hall–Kier alpha value is -2.08. The number of carbonyl (C=O) groups is 1. The zero-order valence-electron chi connectivity index (χ0n) is 11.2. The zero-order valence-corrected chi connectivity index (χ0v) is 11.2. The van der Waals surface area contributed by atoms with Crippen LogP contribution in [0.15, 0.2) is 35.5 Å². The van der Waals surface area contributed by atoms with Crippen LogP contribution in [0.25, 0.3) is 0 Å². The Balaban J connectivity index is 1.86.